The molecule has 0 saturated carbocycles. The second-order valence-corrected chi connectivity index (χ2v) is 4.94. The van der Waals surface area contributed by atoms with E-state index in [1.54, 1.807) is 0 Å². The number of hydrogen-bond donors (Lipinski definition) is 0. The van der Waals surface area contributed by atoms with E-state index in [-0.39, 0.29) is 11.5 Å². The van der Waals surface area contributed by atoms with Crippen molar-refractivity contribution in [3.63, 3.8) is 0 Å². The Morgan fingerprint density at radius 3 is 2.94 bits per heavy atom. The molecule has 2 nitrogen and oxygen atoms in total. The van der Waals surface area contributed by atoms with Gasteiger partial charge < -0.3 is 9.47 Å². The SMILES string of the molecule is ClC(c1ccc2c(c1)COC2)C1CCCO1. The Balaban J connectivity index is 1.83. The van der Waals surface area contributed by atoms with E-state index < -0.39 is 0 Å². The normalized spacial score (nSPS) is 25.7. The lowest BCUT2D eigenvalue weighted by Crippen LogP contribution is -2.12. The summed E-state index contributed by atoms with van der Waals surface area (Å²) in [6.07, 6.45) is 2.38. The van der Waals surface area contributed by atoms with E-state index >= 15 is 0 Å². The third kappa shape index (κ3) is 1.86. The lowest BCUT2D eigenvalue weighted by Gasteiger charge is -2.17. The topological polar surface area (TPSA) is 18.5 Å². The highest BCUT2D eigenvalue weighted by molar-refractivity contribution is 6.21. The largest absolute Gasteiger partial charge is 0.376 e. The van der Waals surface area contributed by atoms with Gasteiger partial charge >= 0.3 is 0 Å². The van der Waals surface area contributed by atoms with Gasteiger partial charge in [-0.2, -0.15) is 0 Å². The van der Waals surface area contributed by atoms with Crippen LogP contribution in [0.15, 0.2) is 18.2 Å². The van der Waals surface area contributed by atoms with E-state index in [2.05, 4.69) is 18.2 Å². The molecule has 1 saturated heterocycles. The average Bonchev–Trinajstić information content (AvgIpc) is 2.98. The highest BCUT2D eigenvalue weighted by Gasteiger charge is 2.26. The van der Waals surface area contributed by atoms with Gasteiger partial charge in [-0.15, -0.1) is 11.6 Å². The van der Waals surface area contributed by atoms with Gasteiger partial charge in [0.05, 0.1) is 24.7 Å². The standard InChI is InChI=1S/C13H15ClO2/c14-13(12-2-1-5-16-12)9-3-4-10-7-15-8-11(10)6-9/h3-4,6,12-13H,1-2,5,7-8H2. The molecule has 1 aromatic carbocycles. The molecule has 2 aliphatic rings. The lowest BCUT2D eigenvalue weighted by molar-refractivity contribution is 0.107. The summed E-state index contributed by atoms with van der Waals surface area (Å²) >= 11 is 6.45. The van der Waals surface area contributed by atoms with Crippen molar-refractivity contribution in [1.82, 2.24) is 0 Å². The smallest absolute Gasteiger partial charge is 0.0847 e. The number of fused-ring (bicyclic) bond motifs is 1. The van der Waals surface area contributed by atoms with Gasteiger partial charge in [0.2, 0.25) is 0 Å². The van der Waals surface area contributed by atoms with E-state index in [4.69, 9.17) is 21.1 Å². The maximum Gasteiger partial charge on any atom is 0.0847 e. The summed E-state index contributed by atoms with van der Waals surface area (Å²) in [6.45, 7) is 2.31. The van der Waals surface area contributed by atoms with Gasteiger partial charge in [0.25, 0.3) is 0 Å². The highest BCUT2D eigenvalue weighted by Crippen LogP contribution is 2.34. The summed E-state index contributed by atoms with van der Waals surface area (Å²) in [6, 6.07) is 6.40. The molecular formula is C13H15ClO2. The van der Waals surface area contributed by atoms with Crippen LogP contribution in [0.1, 0.15) is 34.9 Å². The van der Waals surface area contributed by atoms with Gasteiger partial charge in [0, 0.05) is 6.61 Å². The fourth-order valence-corrected chi connectivity index (χ4v) is 2.75. The van der Waals surface area contributed by atoms with E-state index in [1.165, 1.54) is 11.1 Å². The third-order valence-corrected chi connectivity index (χ3v) is 3.89. The molecule has 16 heavy (non-hydrogen) atoms. The second-order valence-electron chi connectivity index (χ2n) is 4.47. The van der Waals surface area contributed by atoms with Crippen LogP contribution >= 0.6 is 11.6 Å². The predicted octanol–water partition coefficient (Wildman–Crippen LogP) is 3.18. The van der Waals surface area contributed by atoms with Crippen LogP contribution < -0.4 is 0 Å². The number of halogens is 1. The van der Waals surface area contributed by atoms with Crippen molar-refractivity contribution in [3.05, 3.63) is 34.9 Å². The molecule has 1 aromatic rings. The molecule has 0 radical (unpaired) electrons. The van der Waals surface area contributed by atoms with Gasteiger partial charge in [-0.1, -0.05) is 18.2 Å². The monoisotopic (exact) mass is 238 g/mol. The van der Waals surface area contributed by atoms with E-state index in [0.717, 1.165) is 38.2 Å². The Hall–Kier alpha value is -0.570. The van der Waals surface area contributed by atoms with Crippen LogP contribution in [0, 0.1) is 0 Å². The number of hydrogen-bond acceptors (Lipinski definition) is 2. The molecule has 0 bridgehead atoms. The van der Waals surface area contributed by atoms with Crippen molar-refractivity contribution < 1.29 is 9.47 Å². The molecule has 0 amide bonds. The average molecular weight is 239 g/mol. The minimum absolute atomic E-state index is 0.0200. The lowest BCUT2D eigenvalue weighted by atomic mass is 10.0. The van der Waals surface area contributed by atoms with Gasteiger partial charge in [0.1, 0.15) is 0 Å². The summed E-state index contributed by atoms with van der Waals surface area (Å²) < 4.78 is 11.0. The van der Waals surface area contributed by atoms with E-state index in [1.807, 2.05) is 0 Å². The molecule has 2 heterocycles. The molecule has 0 N–H and O–H groups in total. The van der Waals surface area contributed by atoms with Crippen molar-refractivity contribution in [2.75, 3.05) is 6.61 Å². The van der Waals surface area contributed by atoms with E-state index in [0.29, 0.717) is 0 Å². The fraction of sp³-hybridized carbons (Fsp3) is 0.538. The van der Waals surface area contributed by atoms with E-state index in [9.17, 15) is 0 Å². The van der Waals surface area contributed by atoms with Crippen LogP contribution in [0.5, 0.6) is 0 Å². The Labute approximate surface area is 101 Å². The van der Waals surface area contributed by atoms with Gasteiger partial charge in [-0.3, -0.25) is 0 Å². The first-order chi connectivity index (χ1) is 7.84. The maximum atomic E-state index is 6.45. The zero-order valence-electron chi connectivity index (χ0n) is 9.12. The van der Waals surface area contributed by atoms with Crippen molar-refractivity contribution in [1.29, 1.82) is 0 Å². The molecule has 0 aliphatic carbocycles. The van der Waals surface area contributed by atoms with Gasteiger partial charge in [-0.05, 0) is 29.5 Å². The molecule has 86 valence electrons. The maximum absolute atomic E-state index is 6.45. The first-order valence-corrected chi connectivity index (χ1v) is 6.23. The first kappa shape index (κ1) is 10.6. The highest BCUT2D eigenvalue weighted by atomic mass is 35.5. The van der Waals surface area contributed by atoms with Gasteiger partial charge in [-0.25, -0.2) is 0 Å². The fourth-order valence-electron chi connectivity index (χ4n) is 2.41. The third-order valence-electron chi connectivity index (χ3n) is 3.36. The zero-order valence-corrected chi connectivity index (χ0v) is 9.87. The molecule has 2 aliphatic heterocycles. The summed E-state index contributed by atoms with van der Waals surface area (Å²) in [4.78, 5) is 0. The zero-order chi connectivity index (χ0) is 11.0. The quantitative estimate of drug-likeness (QED) is 0.737. The molecular weight excluding hydrogens is 224 g/mol. The van der Waals surface area contributed by atoms with Crippen molar-refractivity contribution in [2.45, 2.75) is 37.5 Å². The molecule has 1 fully saturated rings. The molecule has 0 spiro atoms. The van der Waals surface area contributed by atoms with Crippen LogP contribution in [0.2, 0.25) is 0 Å². The van der Waals surface area contributed by atoms with Crippen molar-refractivity contribution >= 4 is 11.6 Å². The molecule has 3 rings (SSSR count). The van der Waals surface area contributed by atoms with Crippen LogP contribution in [-0.4, -0.2) is 12.7 Å². The minimum atomic E-state index is -0.0200. The summed E-state index contributed by atoms with van der Waals surface area (Å²) in [5, 5.41) is -0.0200. The Morgan fingerprint density at radius 2 is 2.12 bits per heavy atom. The van der Waals surface area contributed by atoms with Gasteiger partial charge in [0.15, 0.2) is 0 Å². The Bertz CT molecular complexity index is 386. The molecule has 2 atom stereocenters. The van der Waals surface area contributed by atoms with Crippen molar-refractivity contribution in [2.24, 2.45) is 0 Å². The van der Waals surface area contributed by atoms with Crippen LogP contribution in [0.25, 0.3) is 0 Å². The predicted molar refractivity (Wildman–Crippen MR) is 62.5 cm³/mol. The van der Waals surface area contributed by atoms with Crippen LogP contribution in [-0.2, 0) is 22.7 Å². The summed E-state index contributed by atoms with van der Waals surface area (Å²) in [5.74, 6) is 0. The van der Waals surface area contributed by atoms with Crippen LogP contribution in [0.3, 0.4) is 0 Å². The van der Waals surface area contributed by atoms with Crippen molar-refractivity contribution in [3.8, 4) is 0 Å². The second kappa shape index (κ2) is 4.36. The summed E-state index contributed by atoms with van der Waals surface area (Å²) in [7, 11) is 0. The summed E-state index contributed by atoms with van der Waals surface area (Å²) in [5.41, 5.74) is 3.74. The molecule has 2 unspecified atom stereocenters. The Kier molecular flexibility index (Phi) is 2.88. The minimum Gasteiger partial charge on any atom is -0.376 e. The number of benzene rings is 1. The Morgan fingerprint density at radius 1 is 1.25 bits per heavy atom. The number of ether oxygens (including phenoxy) is 2. The first-order valence-electron chi connectivity index (χ1n) is 5.80. The van der Waals surface area contributed by atoms with Crippen LogP contribution in [0.4, 0.5) is 0 Å². The number of alkyl halides is 1. The number of rotatable bonds is 2. The molecule has 3 heteroatoms. The molecule has 0 aromatic heterocycles.